The average Bonchev–Trinajstić information content (AvgIpc) is 3.12. The van der Waals surface area contributed by atoms with Gasteiger partial charge in [-0.25, -0.2) is 4.98 Å². The number of aromatic nitrogens is 2. The molecule has 0 saturated heterocycles. The van der Waals surface area contributed by atoms with Crippen LogP contribution in [0.15, 0.2) is 39.4 Å². The maximum Gasteiger partial charge on any atom is 0.257 e. The molecule has 1 atom stereocenters. The Hall–Kier alpha value is -2.74. The maximum absolute atomic E-state index is 13.2. The molecule has 1 unspecified atom stereocenters. The number of ether oxygens (including phenoxy) is 2. The second-order valence-corrected chi connectivity index (χ2v) is 9.14. The summed E-state index contributed by atoms with van der Waals surface area (Å²) in [6.45, 7) is 4.34. The highest BCUT2D eigenvalue weighted by molar-refractivity contribution is 7.98. The first-order valence-electron chi connectivity index (χ1n) is 9.47. The number of aromatic amines is 1. The van der Waals surface area contributed by atoms with E-state index in [1.54, 1.807) is 0 Å². The van der Waals surface area contributed by atoms with Gasteiger partial charge in [-0.2, -0.15) is 0 Å². The number of ketones is 1. The smallest absolute Gasteiger partial charge is 0.257 e. The summed E-state index contributed by atoms with van der Waals surface area (Å²) in [5.74, 6) is 1.37. The van der Waals surface area contributed by atoms with E-state index in [2.05, 4.69) is 29.1 Å². The number of rotatable bonds is 2. The van der Waals surface area contributed by atoms with Gasteiger partial charge >= 0.3 is 0 Å². The maximum atomic E-state index is 13.2. The van der Waals surface area contributed by atoms with Crippen molar-refractivity contribution in [3.05, 3.63) is 50.9 Å². The number of anilines is 1. The van der Waals surface area contributed by atoms with Crippen LogP contribution < -0.4 is 20.3 Å². The summed E-state index contributed by atoms with van der Waals surface area (Å²) in [7, 11) is 0. The number of hydrogen-bond donors (Lipinski definition) is 2. The number of nitrogens with one attached hydrogen (secondary N) is 2. The Kier molecular flexibility index (Phi) is 4.03. The van der Waals surface area contributed by atoms with Crippen LogP contribution in [-0.2, 0) is 4.79 Å². The third kappa shape index (κ3) is 2.93. The Morgan fingerprint density at radius 3 is 2.76 bits per heavy atom. The number of H-pyrrole nitrogens is 1. The lowest BCUT2D eigenvalue weighted by atomic mass is 9.69. The predicted octanol–water partition coefficient (Wildman–Crippen LogP) is 3.42. The minimum atomic E-state index is -0.494. The zero-order valence-corrected chi connectivity index (χ0v) is 17.2. The standard InChI is InChI=1S/C21H21N3O4S/c1-21(2)7-11-16(12(25)8-21)15(10-4-5-13-14(6-10)28-9-27-13)17-18(22-11)23-20(29-3)24-19(17)26/h4-6,15H,7-9H2,1-3H3,(H2,22,23,24,26). The zero-order valence-electron chi connectivity index (χ0n) is 16.4. The van der Waals surface area contributed by atoms with Gasteiger partial charge in [0, 0.05) is 23.6 Å². The Labute approximate surface area is 171 Å². The molecule has 0 fully saturated rings. The van der Waals surface area contributed by atoms with E-state index in [1.807, 2.05) is 24.5 Å². The summed E-state index contributed by atoms with van der Waals surface area (Å²) in [6.07, 6.45) is 3.02. The Morgan fingerprint density at radius 2 is 1.97 bits per heavy atom. The molecular weight excluding hydrogens is 390 g/mol. The minimum absolute atomic E-state index is 0.0606. The average molecular weight is 411 g/mol. The highest BCUT2D eigenvalue weighted by Crippen LogP contribution is 2.48. The van der Waals surface area contributed by atoms with Crippen LogP contribution in [0.5, 0.6) is 11.5 Å². The molecule has 5 rings (SSSR count). The number of Topliss-reactive ketones (excluding diaryl/α,β-unsaturated/α-hetero) is 1. The quantitative estimate of drug-likeness (QED) is 0.578. The van der Waals surface area contributed by atoms with E-state index in [1.165, 1.54) is 11.8 Å². The summed E-state index contributed by atoms with van der Waals surface area (Å²) in [4.78, 5) is 33.7. The van der Waals surface area contributed by atoms with E-state index >= 15 is 0 Å². The summed E-state index contributed by atoms with van der Waals surface area (Å²) < 4.78 is 11.0. The van der Waals surface area contributed by atoms with Gasteiger partial charge in [0.15, 0.2) is 22.4 Å². The van der Waals surface area contributed by atoms with Crippen LogP contribution in [0.25, 0.3) is 0 Å². The van der Waals surface area contributed by atoms with Crippen LogP contribution in [0, 0.1) is 5.41 Å². The second kappa shape index (κ2) is 6.38. The number of carbonyl (C=O) groups excluding carboxylic acids is 1. The van der Waals surface area contributed by atoms with Crippen molar-refractivity contribution in [3.63, 3.8) is 0 Å². The van der Waals surface area contributed by atoms with E-state index in [0.717, 1.165) is 17.7 Å². The van der Waals surface area contributed by atoms with Gasteiger partial charge in [-0.3, -0.25) is 9.59 Å². The molecule has 1 aliphatic carbocycles. The largest absolute Gasteiger partial charge is 0.454 e. The molecule has 0 spiro atoms. The molecule has 3 aliphatic rings. The predicted molar refractivity (Wildman–Crippen MR) is 110 cm³/mol. The lowest BCUT2D eigenvalue weighted by Gasteiger charge is -2.38. The number of carbonyl (C=O) groups is 1. The number of nitrogens with zero attached hydrogens (tertiary/aromatic N) is 1. The van der Waals surface area contributed by atoms with Crippen molar-refractivity contribution >= 4 is 23.4 Å². The zero-order chi connectivity index (χ0) is 20.3. The van der Waals surface area contributed by atoms with Crippen LogP contribution in [0.1, 0.15) is 43.7 Å². The third-order valence-corrected chi connectivity index (χ3v) is 6.20. The monoisotopic (exact) mass is 411 g/mol. The van der Waals surface area contributed by atoms with Gasteiger partial charge in [0.25, 0.3) is 5.56 Å². The highest BCUT2D eigenvalue weighted by Gasteiger charge is 2.42. The molecule has 0 amide bonds. The van der Waals surface area contributed by atoms with E-state index in [0.29, 0.717) is 40.0 Å². The molecule has 0 bridgehead atoms. The summed E-state index contributed by atoms with van der Waals surface area (Å²) >= 11 is 1.37. The molecule has 29 heavy (non-hydrogen) atoms. The van der Waals surface area contributed by atoms with E-state index in [4.69, 9.17) is 9.47 Å². The van der Waals surface area contributed by atoms with Crippen LogP contribution >= 0.6 is 11.8 Å². The molecule has 2 N–H and O–H groups in total. The highest BCUT2D eigenvalue weighted by atomic mass is 32.2. The van der Waals surface area contributed by atoms with E-state index in [-0.39, 0.29) is 23.6 Å². The summed E-state index contributed by atoms with van der Waals surface area (Å²) in [5, 5.41) is 3.85. The lowest BCUT2D eigenvalue weighted by molar-refractivity contribution is -0.118. The molecule has 2 aliphatic heterocycles. The van der Waals surface area contributed by atoms with Crippen molar-refractivity contribution in [2.24, 2.45) is 5.41 Å². The fourth-order valence-electron chi connectivity index (χ4n) is 4.42. The molecule has 1 aromatic heterocycles. The van der Waals surface area contributed by atoms with Crippen molar-refractivity contribution in [2.45, 2.75) is 37.8 Å². The van der Waals surface area contributed by atoms with Crippen molar-refractivity contribution in [1.82, 2.24) is 9.97 Å². The van der Waals surface area contributed by atoms with Crippen LogP contribution in [0.2, 0.25) is 0 Å². The van der Waals surface area contributed by atoms with Crippen molar-refractivity contribution in [1.29, 1.82) is 0 Å². The number of allylic oxidation sites excluding steroid dienone is 2. The molecule has 0 saturated carbocycles. The number of thioether (sulfide) groups is 1. The van der Waals surface area contributed by atoms with Gasteiger partial charge in [0.1, 0.15) is 5.82 Å². The first-order valence-corrected chi connectivity index (χ1v) is 10.7. The van der Waals surface area contributed by atoms with Gasteiger partial charge in [-0.1, -0.05) is 31.7 Å². The number of benzene rings is 1. The molecule has 3 heterocycles. The van der Waals surface area contributed by atoms with Crippen molar-refractivity contribution in [3.8, 4) is 11.5 Å². The SMILES string of the molecule is CSc1nc2c(c(=O)[nH]1)C(c1ccc3c(c1)OCO3)C1=C(CC(C)(C)CC1=O)N2. The fraction of sp³-hybridized carbons (Fsp3) is 0.381. The van der Waals surface area contributed by atoms with Gasteiger partial charge in [0.05, 0.1) is 5.56 Å². The molecule has 7 nitrogen and oxygen atoms in total. The normalized spacial score (nSPS) is 21.5. The number of hydrogen-bond acceptors (Lipinski definition) is 7. The molecule has 0 radical (unpaired) electrons. The van der Waals surface area contributed by atoms with E-state index < -0.39 is 5.92 Å². The fourth-order valence-corrected chi connectivity index (χ4v) is 4.79. The Balaban J connectivity index is 1.75. The van der Waals surface area contributed by atoms with Crippen LogP contribution in [-0.4, -0.2) is 28.8 Å². The molecule has 1 aromatic carbocycles. The Morgan fingerprint density at radius 1 is 1.17 bits per heavy atom. The van der Waals surface area contributed by atoms with Gasteiger partial charge in [-0.15, -0.1) is 0 Å². The topological polar surface area (TPSA) is 93.3 Å². The second-order valence-electron chi connectivity index (χ2n) is 8.34. The number of fused-ring (bicyclic) bond motifs is 2. The molecule has 150 valence electrons. The van der Waals surface area contributed by atoms with Gasteiger partial charge in [-0.05, 0) is 35.8 Å². The van der Waals surface area contributed by atoms with Gasteiger partial charge < -0.3 is 19.8 Å². The molecule has 2 aromatic rings. The van der Waals surface area contributed by atoms with Gasteiger partial charge in [0.2, 0.25) is 6.79 Å². The van der Waals surface area contributed by atoms with Crippen molar-refractivity contribution in [2.75, 3.05) is 18.4 Å². The Bertz CT molecular complexity index is 1140. The first-order chi connectivity index (χ1) is 13.9. The van der Waals surface area contributed by atoms with E-state index in [9.17, 15) is 9.59 Å². The first kappa shape index (κ1) is 18.3. The van der Waals surface area contributed by atoms with Crippen LogP contribution in [0.3, 0.4) is 0 Å². The van der Waals surface area contributed by atoms with Crippen LogP contribution in [0.4, 0.5) is 5.82 Å². The van der Waals surface area contributed by atoms with Crippen molar-refractivity contribution < 1.29 is 14.3 Å². The molecule has 8 heteroatoms. The lowest BCUT2D eigenvalue weighted by Crippen LogP contribution is -2.37. The summed E-state index contributed by atoms with van der Waals surface area (Å²) in [5.41, 5.74) is 2.41. The minimum Gasteiger partial charge on any atom is -0.454 e. The molecular formula is C21H21N3O4S. The third-order valence-electron chi connectivity index (χ3n) is 5.62. The summed E-state index contributed by atoms with van der Waals surface area (Å²) in [6, 6.07) is 5.59.